The Morgan fingerprint density at radius 2 is 1.93 bits per heavy atom. The molecule has 0 aliphatic rings. The number of alkyl halides is 3. The Hall–Kier alpha value is -1.39. The third-order valence-electron chi connectivity index (χ3n) is 1.65. The van der Waals surface area contributed by atoms with Crippen LogP contribution in [0.2, 0.25) is 0 Å². The molecule has 1 rings (SSSR count). The Morgan fingerprint density at radius 1 is 1.36 bits per heavy atom. The SMILES string of the molecule is CC(=O)c1cc(C)nc(C(F)(F)F)c1. The van der Waals surface area contributed by atoms with Crippen LogP contribution in [0.15, 0.2) is 12.1 Å². The topological polar surface area (TPSA) is 30.0 Å². The molecular weight excluding hydrogens is 195 g/mol. The van der Waals surface area contributed by atoms with E-state index in [0.29, 0.717) is 0 Å². The molecular formula is C9H8F3NO. The second-order valence-electron chi connectivity index (χ2n) is 2.94. The standard InChI is InChI=1S/C9H8F3NO/c1-5-3-7(6(2)14)4-8(13-5)9(10,11)12/h3-4H,1-2H3. The Balaban J connectivity index is 3.28. The molecule has 0 fully saturated rings. The van der Waals surface area contributed by atoms with Gasteiger partial charge in [0.25, 0.3) is 0 Å². The van der Waals surface area contributed by atoms with E-state index in [-0.39, 0.29) is 11.3 Å². The largest absolute Gasteiger partial charge is 0.433 e. The van der Waals surface area contributed by atoms with E-state index in [2.05, 4.69) is 4.98 Å². The molecule has 0 bridgehead atoms. The molecule has 0 unspecified atom stereocenters. The number of halogens is 3. The summed E-state index contributed by atoms with van der Waals surface area (Å²) in [5, 5.41) is 0. The molecule has 0 radical (unpaired) electrons. The first kappa shape index (κ1) is 10.7. The minimum atomic E-state index is -4.50. The average molecular weight is 203 g/mol. The predicted molar refractivity (Wildman–Crippen MR) is 44.0 cm³/mol. The second-order valence-corrected chi connectivity index (χ2v) is 2.94. The number of nitrogens with zero attached hydrogens (tertiary/aromatic N) is 1. The van der Waals surface area contributed by atoms with Gasteiger partial charge in [-0.1, -0.05) is 0 Å². The van der Waals surface area contributed by atoms with Gasteiger partial charge in [-0.3, -0.25) is 4.79 Å². The summed E-state index contributed by atoms with van der Waals surface area (Å²) in [4.78, 5) is 14.2. The lowest BCUT2D eigenvalue weighted by Crippen LogP contribution is -2.10. The summed E-state index contributed by atoms with van der Waals surface area (Å²) >= 11 is 0. The molecule has 2 nitrogen and oxygen atoms in total. The van der Waals surface area contributed by atoms with Crippen LogP contribution >= 0.6 is 0 Å². The van der Waals surface area contributed by atoms with Crippen molar-refractivity contribution in [3.05, 3.63) is 29.1 Å². The number of Topliss-reactive ketones (excluding diaryl/α,β-unsaturated/α-hetero) is 1. The van der Waals surface area contributed by atoms with Crippen LogP contribution in [0.1, 0.15) is 28.7 Å². The van der Waals surface area contributed by atoms with Crippen LogP contribution in [0.3, 0.4) is 0 Å². The maximum atomic E-state index is 12.2. The molecule has 0 saturated heterocycles. The number of carbonyl (C=O) groups excluding carboxylic acids is 1. The lowest BCUT2D eigenvalue weighted by molar-refractivity contribution is -0.141. The van der Waals surface area contributed by atoms with Gasteiger partial charge in [0.2, 0.25) is 0 Å². The van der Waals surface area contributed by atoms with Crippen molar-refractivity contribution in [1.29, 1.82) is 0 Å². The summed E-state index contributed by atoms with van der Waals surface area (Å²) < 4.78 is 36.7. The number of hydrogen-bond donors (Lipinski definition) is 0. The van der Waals surface area contributed by atoms with Crippen molar-refractivity contribution in [3.63, 3.8) is 0 Å². The van der Waals surface area contributed by atoms with Crippen molar-refractivity contribution in [2.24, 2.45) is 0 Å². The predicted octanol–water partition coefficient (Wildman–Crippen LogP) is 2.61. The van der Waals surface area contributed by atoms with Crippen molar-refractivity contribution < 1.29 is 18.0 Å². The normalized spacial score (nSPS) is 11.5. The van der Waals surface area contributed by atoms with Gasteiger partial charge < -0.3 is 0 Å². The quantitative estimate of drug-likeness (QED) is 0.656. The van der Waals surface area contributed by atoms with Gasteiger partial charge in [-0.15, -0.1) is 0 Å². The monoisotopic (exact) mass is 203 g/mol. The van der Waals surface area contributed by atoms with E-state index in [4.69, 9.17) is 0 Å². The number of rotatable bonds is 1. The third-order valence-corrected chi connectivity index (χ3v) is 1.65. The highest BCUT2D eigenvalue weighted by molar-refractivity contribution is 5.94. The average Bonchev–Trinajstić information content (AvgIpc) is 2.01. The molecule has 0 N–H and O–H groups in total. The van der Waals surface area contributed by atoms with Crippen molar-refractivity contribution in [2.45, 2.75) is 20.0 Å². The Bertz CT molecular complexity index is 371. The van der Waals surface area contributed by atoms with Gasteiger partial charge in [0.1, 0.15) is 5.69 Å². The van der Waals surface area contributed by atoms with Crippen molar-refractivity contribution >= 4 is 5.78 Å². The lowest BCUT2D eigenvalue weighted by atomic mass is 10.1. The lowest BCUT2D eigenvalue weighted by Gasteiger charge is -2.07. The van der Waals surface area contributed by atoms with Gasteiger partial charge in [-0.05, 0) is 26.0 Å². The maximum absolute atomic E-state index is 12.2. The summed E-state index contributed by atoms with van der Waals surface area (Å²) in [6, 6.07) is 2.09. The first-order chi connectivity index (χ1) is 6.30. The van der Waals surface area contributed by atoms with E-state index in [0.717, 1.165) is 6.07 Å². The number of carbonyl (C=O) groups is 1. The molecule has 0 spiro atoms. The van der Waals surface area contributed by atoms with E-state index in [1.807, 2.05) is 0 Å². The molecule has 1 aromatic heterocycles. The highest BCUT2D eigenvalue weighted by Gasteiger charge is 2.33. The maximum Gasteiger partial charge on any atom is 0.433 e. The minimum absolute atomic E-state index is 0.0322. The van der Waals surface area contributed by atoms with Crippen molar-refractivity contribution in [2.75, 3.05) is 0 Å². The molecule has 1 aromatic rings. The first-order valence-electron chi connectivity index (χ1n) is 3.87. The van der Waals surface area contributed by atoms with Crippen LogP contribution in [0.25, 0.3) is 0 Å². The van der Waals surface area contributed by atoms with Crippen LogP contribution < -0.4 is 0 Å². The summed E-state index contributed by atoms with van der Waals surface area (Å²) in [5.74, 6) is -0.402. The molecule has 5 heteroatoms. The second kappa shape index (κ2) is 3.40. The van der Waals surface area contributed by atoms with E-state index >= 15 is 0 Å². The Labute approximate surface area is 78.8 Å². The van der Waals surface area contributed by atoms with E-state index < -0.39 is 17.7 Å². The molecule has 14 heavy (non-hydrogen) atoms. The van der Waals surface area contributed by atoms with Crippen molar-refractivity contribution in [3.8, 4) is 0 Å². The van der Waals surface area contributed by atoms with E-state index in [9.17, 15) is 18.0 Å². The molecule has 0 atom stereocenters. The fourth-order valence-electron chi connectivity index (χ4n) is 1.02. The molecule has 0 aliphatic heterocycles. The summed E-state index contributed by atoms with van der Waals surface area (Å²) in [6.45, 7) is 2.64. The van der Waals surface area contributed by atoms with E-state index in [1.54, 1.807) is 0 Å². The van der Waals surface area contributed by atoms with Gasteiger partial charge in [0.15, 0.2) is 5.78 Å². The van der Waals surface area contributed by atoms with Crippen LogP contribution in [0.4, 0.5) is 13.2 Å². The molecule has 76 valence electrons. The Kier molecular flexibility index (Phi) is 2.59. The smallest absolute Gasteiger partial charge is 0.295 e. The molecule has 0 amide bonds. The number of hydrogen-bond acceptors (Lipinski definition) is 2. The minimum Gasteiger partial charge on any atom is -0.295 e. The summed E-state index contributed by atoms with van der Waals surface area (Å²) in [7, 11) is 0. The van der Waals surface area contributed by atoms with Crippen LogP contribution in [0, 0.1) is 6.92 Å². The van der Waals surface area contributed by atoms with Crippen molar-refractivity contribution in [1.82, 2.24) is 4.98 Å². The highest BCUT2D eigenvalue weighted by Crippen LogP contribution is 2.28. The van der Waals surface area contributed by atoms with E-state index in [1.165, 1.54) is 19.9 Å². The third kappa shape index (κ3) is 2.31. The summed E-state index contributed by atoms with van der Waals surface area (Å²) in [5.41, 5.74) is -0.808. The number of aryl methyl sites for hydroxylation is 1. The zero-order valence-electron chi connectivity index (χ0n) is 7.64. The van der Waals surface area contributed by atoms with Gasteiger partial charge in [-0.2, -0.15) is 13.2 Å². The highest BCUT2D eigenvalue weighted by atomic mass is 19.4. The summed E-state index contributed by atoms with van der Waals surface area (Å²) in [6.07, 6.45) is -4.50. The zero-order chi connectivity index (χ0) is 10.9. The Morgan fingerprint density at radius 3 is 2.36 bits per heavy atom. The first-order valence-corrected chi connectivity index (χ1v) is 3.87. The number of aromatic nitrogens is 1. The van der Waals surface area contributed by atoms with Crippen LogP contribution in [0.5, 0.6) is 0 Å². The fraction of sp³-hybridized carbons (Fsp3) is 0.333. The number of pyridine rings is 1. The van der Waals surface area contributed by atoms with Gasteiger partial charge in [0, 0.05) is 11.3 Å². The molecule has 1 heterocycles. The molecule has 0 aliphatic carbocycles. The zero-order valence-corrected chi connectivity index (χ0v) is 7.64. The van der Waals surface area contributed by atoms with Crippen LogP contribution in [-0.4, -0.2) is 10.8 Å². The van der Waals surface area contributed by atoms with Gasteiger partial charge in [0.05, 0.1) is 0 Å². The van der Waals surface area contributed by atoms with Gasteiger partial charge >= 0.3 is 6.18 Å². The van der Waals surface area contributed by atoms with Gasteiger partial charge in [-0.25, -0.2) is 4.98 Å². The molecule has 0 aromatic carbocycles. The fourth-order valence-corrected chi connectivity index (χ4v) is 1.02. The van der Waals surface area contributed by atoms with Crippen LogP contribution in [-0.2, 0) is 6.18 Å². The molecule has 0 saturated carbocycles. The number of ketones is 1.